The fourth-order valence-electron chi connectivity index (χ4n) is 4.21. The summed E-state index contributed by atoms with van der Waals surface area (Å²) in [6, 6.07) is 11.2. The molecule has 3 rings (SSSR count). The van der Waals surface area contributed by atoms with Crippen molar-refractivity contribution >= 4 is 5.91 Å². The zero-order valence-electron chi connectivity index (χ0n) is 14.9. The standard InChI is InChI=1S/C20H31N3O/c1-17-14-21-12-13-23(17)15-19(24)22-16-20(10-6-3-7-11-20)18-8-4-2-5-9-18/h2,4-5,8-9,17,21H,3,6-7,10-16H2,1H3,(H,22,24)/t17-/m0/s1. The Kier molecular flexibility index (Phi) is 5.90. The second-order valence-corrected chi connectivity index (χ2v) is 7.51. The van der Waals surface area contributed by atoms with Crippen molar-refractivity contribution in [3.63, 3.8) is 0 Å². The third-order valence-corrected chi connectivity index (χ3v) is 5.81. The van der Waals surface area contributed by atoms with E-state index in [0.29, 0.717) is 12.6 Å². The predicted octanol–water partition coefficient (Wildman–Crippen LogP) is 2.30. The SMILES string of the molecule is C[C@H]1CNCCN1CC(=O)NCC1(c2ccccc2)CCCCC1. The van der Waals surface area contributed by atoms with E-state index >= 15 is 0 Å². The lowest BCUT2D eigenvalue weighted by Crippen LogP contribution is -2.53. The van der Waals surface area contributed by atoms with E-state index in [2.05, 4.69) is 52.8 Å². The van der Waals surface area contributed by atoms with Crippen LogP contribution in [0, 0.1) is 0 Å². The minimum atomic E-state index is 0.129. The van der Waals surface area contributed by atoms with Gasteiger partial charge in [0, 0.05) is 37.6 Å². The maximum atomic E-state index is 12.5. The van der Waals surface area contributed by atoms with Gasteiger partial charge in [0.25, 0.3) is 0 Å². The van der Waals surface area contributed by atoms with Gasteiger partial charge in [-0.3, -0.25) is 9.69 Å². The maximum absolute atomic E-state index is 12.5. The van der Waals surface area contributed by atoms with Crippen molar-refractivity contribution in [3.8, 4) is 0 Å². The lowest BCUT2D eigenvalue weighted by Gasteiger charge is -2.38. The summed E-state index contributed by atoms with van der Waals surface area (Å²) in [7, 11) is 0. The van der Waals surface area contributed by atoms with Gasteiger partial charge in [-0.1, -0.05) is 49.6 Å². The molecule has 4 heteroatoms. The van der Waals surface area contributed by atoms with Gasteiger partial charge in [-0.05, 0) is 25.3 Å². The normalized spacial score (nSPS) is 24.5. The Morgan fingerprint density at radius 1 is 1.25 bits per heavy atom. The Bertz CT molecular complexity index is 525. The quantitative estimate of drug-likeness (QED) is 0.871. The average molecular weight is 329 g/mol. The van der Waals surface area contributed by atoms with Crippen LogP contribution in [0.15, 0.2) is 30.3 Å². The average Bonchev–Trinajstić information content (AvgIpc) is 2.63. The molecule has 2 N–H and O–H groups in total. The summed E-state index contributed by atoms with van der Waals surface area (Å²) in [5.41, 5.74) is 1.52. The lowest BCUT2D eigenvalue weighted by atomic mass is 9.69. The van der Waals surface area contributed by atoms with Crippen molar-refractivity contribution in [2.75, 3.05) is 32.7 Å². The van der Waals surface area contributed by atoms with Crippen LogP contribution in [0.1, 0.15) is 44.6 Å². The van der Waals surface area contributed by atoms with Gasteiger partial charge in [-0.15, -0.1) is 0 Å². The van der Waals surface area contributed by atoms with Crippen LogP contribution in [0.3, 0.4) is 0 Å². The monoisotopic (exact) mass is 329 g/mol. The maximum Gasteiger partial charge on any atom is 0.234 e. The molecule has 1 saturated heterocycles. The summed E-state index contributed by atoms with van der Waals surface area (Å²) in [4.78, 5) is 14.8. The molecule has 0 radical (unpaired) electrons. The molecule has 1 saturated carbocycles. The summed E-state index contributed by atoms with van der Waals surface area (Å²) in [5.74, 6) is 0.171. The summed E-state index contributed by atoms with van der Waals surface area (Å²) in [5, 5.41) is 6.63. The molecule has 132 valence electrons. The number of nitrogens with one attached hydrogen (secondary N) is 2. The molecule has 0 spiro atoms. The van der Waals surface area contributed by atoms with Crippen molar-refractivity contribution in [1.82, 2.24) is 15.5 Å². The molecular weight excluding hydrogens is 298 g/mol. The number of carbonyl (C=O) groups is 1. The molecule has 1 heterocycles. The van der Waals surface area contributed by atoms with Crippen LogP contribution in [-0.2, 0) is 10.2 Å². The highest BCUT2D eigenvalue weighted by Crippen LogP contribution is 2.38. The lowest BCUT2D eigenvalue weighted by molar-refractivity contribution is -0.123. The Labute approximate surface area is 146 Å². The first-order valence-corrected chi connectivity index (χ1v) is 9.47. The second-order valence-electron chi connectivity index (χ2n) is 7.51. The van der Waals surface area contributed by atoms with Gasteiger partial charge in [-0.25, -0.2) is 0 Å². The fourth-order valence-corrected chi connectivity index (χ4v) is 4.21. The number of piperazine rings is 1. The summed E-state index contributed by atoms with van der Waals surface area (Å²) in [6.07, 6.45) is 6.21. The highest BCUT2D eigenvalue weighted by molar-refractivity contribution is 5.78. The van der Waals surface area contributed by atoms with Gasteiger partial charge in [0.05, 0.1) is 6.54 Å². The molecule has 0 aromatic heterocycles. The first kappa shape index (κ1) is 17.4. The van der Waals surface area contributed by atoms with Crippen molar-refractivity contribution in [2.24, 2.45) is 0 Å². The van der Waals surface area contributed by atoms with E-state index in [4.69, 9.17) is 0 Å². The summed E-state index contributed by atoms with van der Waals surface area (Å²) < 4.78 is 0. The zero-order chi connectivity index (χ0) is 16.8. The molecule has 1 aliphatic heterocycles. The van der Waals surface area contributed by atoms with E-state index in [9.17, 15) is 4.79 Å². The Morgan fingerprint density at radius 3 is 2.71 bits per heavy atom. The Morgan fingerprint density at radius 2 is 2.00 bits per heavy atom. The van der Waals surface area contributed by atoms with Crippen LogP contribution in [0.5, 0.6) is 0 Å². The van der Waals surface area contributed by atoms with E-state index < -0.39 is 0 Å². The molecule has 1 aromatic carbocycles. The first-order chi connectivity index (χ1) is 11.7. The van der Waals surface area contributed by atoms with E-state index in [0.717, 1.165) is 26.2 Å². The molecule has 4 nitrogen and oxygen atoms in total. The van der Waals surface area contributed by atoms with E-state index in [-0.39, 0.29) is 11.3 Å². The first-order valence-electron chi connectivity index (χ1n) is 9.47. The number of hydrogen-bond donors (Lipinski definition) is 2. The number of amides is 1. The summed E-state index contributed by atoms with van der Waals surface area (Å²) >= 11 is 0. The number of hydrogen-bond acceptors (Lipinski definition) is 3. The van der Waals surface area contributed by atoms with Crippen LogP contribution in [0.4, 0.5) is 0 Å². The van der Waals surface area contributed by atoms with E-state index in [1.54, 1.807) is 0 Å². The molecule has 1 atom stereocenters. The van der Waals surface area contributed by atoms with Crippen molar-refractivity contribution < 1.29 is 4.79 Å². The minimum absolute atomic E-state index is 0.129. The Hall–Kier alpha value is -1.39. The number of rotatable bonds is 5. The fraction of sp³-hybridized carbons (Fsp3) is 0.650. The molecule has 0 bridgehead atoms. The van der Waals surface area contributed by atoms with E-state index in [1.807, 2.05) is 0 Å². The highest BCUT2D eigenvalue weighted by atomic mass is 16.2. The molecule has 1 amide bonds. The van der Waals surface area contributed by atoms with Gasteiger partial charge in [0.15, 0.2) is 0 Å². The van der Waals surface area contributed by atoms with Crippen molar-refractivity contribution in [2.45, 2.75) is 50.5 Å². The van der Waals surface area contributed by atoms with Crippen molar-refractivity contribution in [1.29, 1.82) is 0 Å². The molecule has 1 aliphatic carbocycles. The zero-order valence-corrected chi connectivity index (χ0v) is 14.9. The van der Waals surface area contributed by atoms with Crippen LogP contribution in [0.25, 0.3) is 0 Å². The number of nitrogens with zero attached hydrogens (tertiary/aromatic N) is 1. The van der Waals surface area contributed by atoms with Gasteiger partial charge < -0.3 is 10.6 Å². The van der Waals surface area contributed by atoms with Crippen LogP contribution < -0.4 is 10.6 Å². The van der Waals surface area contributed by atoms with Gasteiger partial charge in [-0.2, -0.15) is 0 Å². The molecule has 2 fully saturated rings. The van der Waals surface area contributed by atoms with E-state index in [1.165, 1.54) is 37.7 Å². The highest BCUT2D eigenvalue weighted by Gasteiger charge is 2.34. The smallest absolute Gasteiger partial charge is 0.234 e. The van der Waals surface area contributed by atoms with Crippen LogP contribution >= 0.6 is 0 Å². The molecule has 2 aliphatic rings. The molecule has 24 heavy (non-hydrogen) atoms. The van der Waals surface area contributed by atoms with Gasteiger partial charge in [0.2, 0.25) is 5.91 Å². The number of benzene rings is 1. The largest absolute Gasteiger partial charge is 0.354 e. The third-order valence-electron chi connectivity index (χ3n) is 5.81. The number of carbonyl (C=O) groups excluding carboxylic acids is 1. The predicted molar refractivity (Wildman–Crippen MR) is 98.1 cm³/mol. The summed E-state index contributed by atoms with van der Waals surface area (Å²) in [6.45, 7) is 6.39. The van der Waals surface area contributed by atoms with Crippen LogP contribution in [-0.4, -0.2) is 49.6 Å². The minimum Gasteiger partial charge on any atom is -0.354 e. The third kappa shape index (κ3) is 4.17. The molecule has 0 unspecified atom stereocenters. The topological polar surface area (TPSA) is 44.4 Å². The van der Waals surface area contributed by atoms with Crippen molar-refractivity contribution in [3.05, 3.63) is 35.9 Å². The van der Waals surface area contributed by atoms with Gasteiger partial charge >= 0.3 is 0 Å². The molecule has 1 aromatic rings. The Balaban J connectivity index is 1.60. The van der Waals surface area contributed by atoms with Gasteiger partial charge in [0.1, 0.15) is 0 Å². The van der Waals surface area contributed by atoms with Crippen LogP contribution in [0.2, 0.25) is 0 Å². The molecular formula is C20H31N3O. The second kappa shape index (κ2) is 8.13.